The van der Waals surface area contributed by atoms with Gasteiger partial charge in [0.05, 0.1) is 30.8 Å². The normalized spacial score (nSPS) is 13.9. The molecule has 0 radical (unpaired) electrons. The van der Waals surface area contributed by atoms with Gasteiger partial charge in [-0.25, -0.2) is 4.79 Å². The molecule has 20 heavy (non-hydrogen) atoms. The summed E-state index contributed by atoms with van der Waals surface area (Å²) >= 11 is 0. The summed E-state index contributed by atoms with van der Waals surface area (Å²) < 4.78 is 10.8. The summed E-state index contributed by atoms with van der Waals surface area (Å²) in [6.07, 6.45) is 0.122. The van der Waals surface area contributed by atoms with Gasteiger partial charge in [0.15, 0.2) is 6.04 Å². The summed E-state index contributed by atoms with van der Waals surface area (Å²) in [5.74, 6) is -1.47. The molecule has 0 saturated carbocycles. The maximum atomic E-state index is 11.7. The number of aliphatic carboxylic acids is 1. The maximum absolute atomic E-state index is 11.7. The van der Waals surface area contributed by atoms with Crippen LogP contribution in [0, 0.1) is 0 Å². The van der Waals surface area contributed by atoms with E-state index in [2.05, 4.69) is 5.32 Å². The van der Waals surface area contributed by atoms with E-state index in [1.54, 1.807) is 0 Å². The Hall–Kier alpha value is -1.14. The van der Waals surface area contributed by atoms with Crippen LogP contribution in [0.1, 0.15) is 48.0 Å². The number of carboxylic acid groups (broad SMARTS) is 1. The molecule has 0 aliphatic heterocycles. The van der Waals surface area contributed by atoms with E-state index >= 15 is 0 Å². The van der Waals surface area contributed by atoms with Crippen LogP contribution in [0.3, 0.4) is 0 Å². The molecule has 0 aliphatic carbocycles. The van der Waals surface area contributed by atoms with Gasteiger partial charge in [-0.05, 0) is 41.5 Å². The molecule has 0 spiro atoms. The monoisotopic (exact) mass is 289 g/mol. The van der Waals surface area contributed by atoms with Gasteiger partial charge in [0, 0.05) is 0 Å². The zero-order chi connectivity index (χ0) is 16.0. The molecule has 0 bridgehead atoms. The Bertz CT molecular complexity index is 327. The molecule has 0 aromatic rings. The smallest absolute Gasteiger partial charge is 0.328 e. The predicted octanol–water partition coefficient (Wildman–Crippen LogP) is 1.58. The standard InChI is InChI=1S/C14H27NO5/c1-13(2,3)19-8-7-11(16)15-10(12(17)18)9-20-14(4,5)6/h10H,7-9H2,1-6H3,(H,15,16)(H,17,18). The zero-order valence-electron chi connectivity index (χ0n) is 13.3. The molecule has 0 aliphatic rings. The number of carbonyl (C=O) groups excluding carboxylic acids is 1. The van der Waals surface area contributed by atoms with E-state index in [0.29, 0.717) is 0 Å². The van der Waals surface area contributed by atoms with E-state index in [1.165, 1.54) is 0 Å². The third kappa shape index (κ3) is 10.8. The number of rotatable bonds is 7. The molecule has 2 N–H and O–H groups in total. The Labute approximate surface area is 120 Å². The first-order chi connectivity index (χ1) is 8.91. The number of ether oxygens (including phenoxy) is 2. The number of hydrogen-bond donors (Lipinski definition) is 2. The molecule has 1 unspecified atom stereocenters. The van der Waals surface area contributed by atoms with E-state index in [-0.39, 0.29) is 31.1 Å². The highest BCUT2D eigenvalue weighted by Crippen LogP contribution is 2.08. The number of amides is 1. The van der Waals surface area contributed by atoms with Crippen molar-refractivity contribution < 1.29 is 24.2 Å². The molecule has 0 rings (SSSR count). The molecule has 6 nitrogen and oxygen atoms in total. The highest BCUT2D eigenvalue weighted by atomic mass is 16.5. The largest absolute Gasteiger partial charge is 0.480 e. The fourth-order valence-electron chi connectivity index (χ4n) is 1.22. The number of hydrogen-bond acceptors (Lipinski definition) is 4. The molecule has 1 amide bonds. The summed E-state index contributed by atoms with van der Waals surface area (Å²) in [5.41, 5.74) is -0.768. The van der Waals surface area contributed by atoms with Crippen LogP contribution in [0.5, 0.6) is 0 Å². The van der Waals surface area contributed by atoms with Crippen molar-refractivity contribution in [3.05, 3.63) is 0 Å². The van der Waals surface area contributed by atoms with E-state index in [0.717, 1.165) is 0 Å². The first-order valence-electron chi connectivity index (χ1n) is 6.71. The van der Waals surface area contributed by atoms with Gasteiger partial charge in [0.1, 0.15) is 0 Å². The van der Waals surface area contributed by atoms with Crippen LogP contribution >= 0.6 is 0 Å². The predicted molar refractivity (Wildman–Crippen MR) is 75.6 cm³/mol. The summed E-state index contributed by atoms with van der Waals surface area (Å²) in [7, 11) is 0. The highest BCUT2D eigenvalue weighted by Gasteiger charge is 2.23. The topological polar surface area (TPSA) is 84.9 Å². The van der Waals surface area contributed by atoms with E-state index in [4.69, 9.17) is 14.6 Å². The van der Waals surface area contributed by atoms with Crippen molar-refractivity contribution in [3.63, 3.8) is 0 Å². The Kier molecular flexibility index (Phi) is 7.16. The first-order valence-corrected chi connectivity index (χ1v) is 6.71. The molecule has 0 heterocycles. The second-order valence-electron chi connectivity index (χ2n) is 6.59. The lowest BCUT2D eigenvalue weighted by Gasteiger charge is -2.23. The lowest BCUT2D eigenvalue weighted by molar-refractivity contribution is -0.145. The van der Waals surface area contributed by atoms with Crippen molar-refractivity contribution in [2.75, 3.05) is 13.2 Å². The second-order valence-corrected chi connectivity index (χ2v) is 6.59. The minimum atomic E-state index is -1.11. The Morgan fingerprint density at radius 3 is 1.95 bits per heavy atom. The lowest BCUT2D eigenvalue weighted by Crippen LogP contribution is -2.45. The van der Waals surface area contributed by atoms with Crippen molar-refractivity contribution in [2.24, 2.45) is 0 Å². The summed E-state index contributed by atoms with van der Waals surface area (Å²) in [6, 6.07) is -1.05. The van der Waals surface area contributed by atoms with Crippen molar-refractivity contribution in [2.45, 2.75) is 65.2 Å². The van der Waals surface area contributed by atoms with E-state index in [9.17, 15) is 9.59 Å². The van der Waals surface area contributed by atoms with Gasteiger partial charge in [0.25, 0.3) is 0 Å². The number of nitrogens with one attached hydrogen (secondary N) is 1. The molecule has 0 fully saturated rings. The second kappa shape index (κ2) is 7.59. The van der Waals surface area contributed by atoms with E-state index in [1.807, 2.05) is 41.5 Å². The Morgan fingerprint density at radius 2 is 1.55 bits per heavy atom. The molecule has 0 aromatic heterocycles. The molecular weight excluding hydrogens is 262 g/mol. The first kappa shape index (κ1) is 18.9. The third-order valence-corrected chi connectivity index (χ3v) is 2.18. The number of carbonyl (C=O) groups is 2. The molecular formula is C14H27NO5. The summed E-state index contributed by atoms with van der Waals surface area (Å²) in [5, 5.41) is 11.5. The third-order valence-electron chi connectivity index (χ3n) is 2.18. The van der Waals surface area contributed by atoms with Gasteiger partial charge < -0.3 is 19.9 Å². The molecule has 118 valence electrons. The SMILES string of the molecule is CC(C)(C)OCCC(=O)NC(COC(C)(C)C)C(=O)O. The fraction of sp³-hybridized carbons (Fsp3) is 0.857. The average molecular weight is 289 g/mol. The fourth-order valence-corrected chi connectivity index (χ4v) is 1.22. The van der Waals surface area contributed by atoms with E-state index < -0.39 is 17.6 Å². The summed E-state index contributed by atoms with van der Waals surface area (Å²) in [4.78, 5) is 22.7. The van der Waals surface area contributed by atoms with Crippen LogP contribution < -0.4 is 5.32 Å². The van der Waals surface area contributed by atoms with Crippen molar-refractivity contribution in [1.29, 1.82) is 0 Å². The minimum absolute atomic E-state index is 0.0648. The van der Waals surface area contributed by atoms with Crippen LogP contribution in [-0.2, 0) is 19.1 Å². The van der Waals surface area contributed by atoms with Crippen LogP contribution in [0.15, 0.2) is 0 Å². The van der Waals surface area contributed by atoms with Crippen molar-refractivity contribution in [3.8, 4) is 0 Å². The molecule has 1 atom stereocenters. The van der Waals surface area contributed by atoms with Gasteiger partial charge in [-0.15, -0.1) is 0 Å². The number of carboxylic acids is 1. The van der Waals surface area contributed by atoms with Gasteiger partial charge in [-0.2, -0.15) is 0 Å². The maximum Gasteiger partial charge on any atom is 0.328 e. The molecule has 0 aromatic carbocycles. The van der Waals surface area contributed by atoms with Crippen LogP contribution in [0.4, 0.5) is 0 Å². The van der Waals surface area contributed by atoms with Crippen molar-refractivity contribution >= 4 is 11.9 Å². The van der Waals surface area contributed by atoms with Crippen LogP contribution in [0.25, 0.3) is 0 Å². The zero-order valence-corrected chi connectivity index (χ0v) is 13.3. The molecule has 6 heteroatoms. The van der Waals surface area contributed by atoms with Gasteiger partial charge in [-0.3, -0.25) is 4.79 Å². The average Bonchev–Trinajstić information content (AvgIpc) is 2.20. The highest BCUT2D eigenvalue weighted by molar-refractivity contribution is 5.83. The quantitative estimate of drug-likeness (QED) is 0.743. The van der Waals surface area contributed by atoms with Gasteiger partial charge in [0.2, 0.25) is 5.91 Å². The minimum Gasteiger partial charge on any atom is -0.480 e. The lowest BCUT2D eigenvalue weighted by atomic mass is 10.2. The van der Waals surface area contributed by atoms with Crippen LogP contribution in [-0.4, -0.2) is 47.4 Å². The Morgan fingerprint density at radius 1 is 1.05 bits per heavy atom. The molecule has 0 saturated heterocycles. The summed E-state index contributed by atoms with van der Waals surface area (Å²) in [6.45, 7) is 11.3. The van der Waals surface area contributed by atoms with Gasteiger partial charge >= 0.3 is 5.97 Å². The van der Waals surface area contributed by atoms with Crippen LogP contribution in [0.2, 0.25) is 0 Å². The van der Waals surface area contributed by atoms with Crippen molar-refractivity contribution in [1.82, 2.24) is 5.32 Å². The van der Waals surface area contributed by atoms with Gasteiger partial charge in [-0.1, -0.05) is 0 Å². The Balaban J connectivity index is 4.18.